The first kappa shape index (κ1) is 12.3. The van der Waals surface area contributed by atoms with Crippen molar-refractivity contribution < 1.29 is 4.63 Å². The van der Waals surface area contributed by atoms with E-state index in [0.717, 1.165) is 6.42 Å². The molecule has 0 aliphatic heterocycles. The minimum Gasteiger partial charge on any atom is -0.381 e. The van der Waals surface area contributed by atoms with Crippen molar-refractivity contribution in [2.45, 2.75) is 19.4 Å². The minimum atomic E-state index is 0.159. The molecule has 0 amide bonds. The highest BCUT2D eigenvalue weighted by atomic mass is 16.6. The maximum absolute atomic E-state index is 5.84. The fourth-order valence-corrected chi connectivity index (χ4v) is 2.01. The molecule has 7 nitrogen and oxygen atoms in total. The zero-order chi connectivity index (χ0) is 13.9. The standard InChI is InChI=1S/C13H14N6O/c1-8(7-9-5-3-2-4-6-9)15-11-10(14)16-12-13(17-11)19-20-18-12/h2-6,8H,7H2,1H3,(H2,14,16,18)(H,15,17,19)/t8-/m0/s1. The average Bonchev–Trinajstić information content (AvgIpc) is 2.87. The monoisotopic (exact) mass is 270 g/mol. The van der Waals surface area contributed by atoms with Gasteiger partial charge in [0, 0.05) is 6.04 Å². The van der Waals surface area contributed by atoms with Gasteiger partial charge in [-0.2, -0.15) is 0 Å². The molecule has 0 aliphatic rings. The van der Waals surface area contributed by atoms with Crippen molar-refractivity contribution in [3.8, 4) is 0 Å². The largest absolute Gasteiger partial charge is 0.381 e. The first-order valence-electron chi connectivity index (χ1n) is 6.28. The summed E-state index contributed by atoms with van der Waals surface area (Å²) in [6, 6.07) is 10.4. The molecule has 20 heavy (non-hydrogen) atoms. The molecule has 0 fully saturated rings. The van der Waals surface area contributed by atoms with Crippen LogP contribution in [0.15, 0.2) is 35.0 Å². The Kier molecular flexibility index (Phi) is 3.16. The van der Waals surface area contributed by atoms with Gasteiger partial charge in [-0.25, -0.2) is 14.6 Å². The topological polar surface area (TPSA) is 103 Å². The molecule has 7 heteroatoms. The van der Waals surface area contributed by atoms with E-state index >= 15 is 0 Å². The predicted molar refractivity (Wildman–Crippen MR) is 75.0 cm³/mol. The number of aromatic nitrogens is 4. The molecule has 1 aromatic carbocycles. The van der Waals surface area contributed by atoms with Crippen LogP contribution < -0.4 is 11.1 Å². The zero-order valence-electron chi connectivity index (χ0n) is 10.9. The smallest absolute Gasteiger partial charge is 0.245 e. The van der Waals surface area contributed by atoms with Crippen LogP contribution in [0.2, 0.25) is 0 Å². The van der Waals surface area contributed by atoms with Crippen LogP contribution >= 0.6 is 0 Å². The minimum absolute atomic E-state index is 0.159. The van der Waals surface area contributed by atoms with Crippen LogP contribution in [0.1, 0.15) is 12.5 Å². The van der Waals surface area contributed by atoms with Gasteiger partial charge in [-0.05, 0) is 29.2 Å². The van der Waals surface area contributed by atoms with Gasteiger partial charge in [-0.15, -0.1) is 0 Å². The second-order valence-corrected chi connectivity index (χ2v) is 4.60. The van der Waals surface area contributed by atoms with Gasteiger partial charge in [0.2, 0.25) is 11.3 Å². The van der Waals surface area contributed by atoms with Crippen LogP contribution in [0.3, 0.4) is 0 Å². The van der Waals surface area contributed by atoms with Crippen LogP contribution in [0, 0.1) is 0 Å². The Balaban J connectivity index is 1.76. The zero-order valence-corrected chi connectivity index (χ0v) is 10.9. The summed E-state index contributed by atoms with van der Waals surface area (Å²) in [6.45, 7) is 2.05. The van der Waals surface area contributed by atoms with Crippen LogP contribution in [-0.2, 0) is 6.42 Å². The number of hydrogen-bond donors (Lipinski definition) is 2. The summed E-state index contributed by atoms with van der Waals surface area (Å²) in [7, 11) is 0. The van der Waals surface area contributed by atoms with Crippen molar-refractivity contribution in [3.63, 3.8) is 0 Å². The molecule has 0 bridgehead atoms. The Hall–Kier alpha value is -2.70. The number of nitrogen functional groups attached to an aromatic ring is 1. The third-order valence-electron chi connectivity index (χ3n) is 2.91. The van der Waals surface area contributed by atoms with E-state index in [1.165, 1.54) is 5.56 Å². The molecule has 0 unspecified atom stereocenters. The number of nitrogens with one attached hydrogen (secondary N) is 1. The molecular formula is C13H14N6O. The van der Waals surface area contributed by atoms with Gasteiger partial charge in [0.15, 0.2) is 11.6 Å². The molecular weight excluding hydrogens is 256 g/mol. The number of hydrogen-bond acceptors (Lipinski definition) is 7. The van der Waals surface area contributed by atoms with Crippen molar-refractivity contribution in [1.29, 1.82) is 0 Å². The van der Waals surface area contributed by atoms with Crippen LogP contribution in [0.4, 0.5) is 11.6 Å². The van der Waals surface area contributed by atoms with E-state index in [9.17, 15) is 0 Å². The van der Waals surface area contributed by atoms with E-state index in [0.29, 0.717) is 17.1 Å². The molecule has 0 radical (unpaired) electrons. The van der Waals surface area contributed by atoms with E-state index in [1.807, 2.05) is 18.2 Å². The molecule has 3 N–H and O–H groups in total. The number of fused-ring (bicyclic) bond motifs is 1. The summed E-state index contributed by atoms with van der Waals surface area (Å²) < 4.78 is 4.57. The Labute approximate surface area is 115 Å². The van der Waals surface area contributed by atoms with Gasteiger partial charge in [-0.3, -0.25) is 0 Å². The van der Waals surface area contributed by atoms with E-state index in [1.54, 1.807) is 0 Å². The molecule has 0 spiro atoms. The highest BCUT2D eigenvalue weighted by Crippen LogP contribution is 2.17. The third-order valence-corrected chi connectivity index (χ3v) is 2.91. The molecule has 0 saturated heterocycles. The van der Waals surface area contributed by atoms with Crippen LogP contribution in [-0.4, -0.2) is 26.3 Å². The van der Waals surface area contributed by atoms with Gasteiger partial charge >= 0.3 is 0 Å². The van der Waals surface area contributed by atoms with Crippen molar-refractivity contribution in [3.05, 3.63) is 35.9 Å². The highest BCUT2D eigenvalue weighted by molar-refractivity contribution is 5.72. The summed E-state index contributed by atoms with van der Waals surface area (Å²) in [5.74, 6) is 0.782. The first-order valence-corrected chi connectivity index (χ1v) is 6.28. The van der Waals surface area contributed by atoms with E-state index < -0.39 is 0 Å². The second kappa shape index (κ2) is 5.12. The Morgan fingerprint density at radius 1 is 1.15 bits per heavy atom. The van der Waals surface area contributed by atoms with Crippen molar-refractivity contribution in [1.82, 2.24) is 20.3 Å². The van der Waals surface area contributed by atoms with Crippen molar-refractivity contribution >= 4 is 22.9 Å². The fraction of sp³-hybridized carbons (Fsp3) is 0.231. The van der Waals surface area contributed by atoms with Crippen LogP contribution in [0.25, 0.3) is 11.3 Å². The average molecular weight is 270 g/mol. The van der Waals surface area contributed by atoms with E-state index in [-0.39, 0.29) is 11.9 Å². The van der Waals surface area contributed by atoms with Crippen molar-refractivity contribution in [2.24, 2.45) is 0 Å². The lowest BCUT2D eigenvalue weighted by molar-refractivity contribution is 0.314. The third kappa shape index (κ3) is 2.51. The normalized spacial score (nSPS) is 12.4. The second-order valence-electron chi connectivity index (χ2n) is 4.60. The Morgan fingerprint density at radius 2 is 1.85 bits per heavy atom. The molecule has 3 rings (SSSR count). The van der Waals surface area contributed by atoms with Crippen LogP contribution in [0.5, 0.6) is 0 Å². The summed E-state index contributed by atoms with van der Waals surface area (Å²) in [4.78, 5) is 8.33. The molecule has 0 saturated carbocycles. The molecule has 1 atom stereocenters. The molecule has 0 aliphatic carbocycles. The van der Waals surface area contributed by atoms with Gasteiger partial charge in [-0.1, -0.05) is 30.3 Å². The highest BCUT2D eigenvalue weighted by Gasteiger charge is 2.12. The summed E-state index contributed by atoms with van der Waals surface area (Å²) in [5, 5.41) is 10.5. The number of anilines is 2. The summed E-state index contributed by atoms with van der Waals surface area (Å²) >= 11 is 0. The SMILES string of the molecule is C[C@@H](Cc1ccccc1)Nc1nc2nonc2nc1N. The van der Waals surface area contributed by atoms with E-state index in [2.05, 4.69) is 49.3 Å². The molecule has 2 heterocycles. The summed E-state index contributed by atoms with van der Waals surface area (Å²) in [6.07, 6.45) is 0.858. The van der Waals surface area contributed by atoms with Gasteiger partial charge in [0.1, 0.15) is 0 Å². The summed E-state index contributed by atoms with van der Waals surface area (Å²) in [5.41, 5.74) is 7.73. The van der Waals surface area contributed by atoms with E-state index in [4.69, 9.17) is 5.73 Å². The lowest BCUT2D eigenvalue weighted by Gasteiger charge is -2.15. The number of benzene rings is 1. The van der Waals surface area contributed by atoms with Crippen molar-refractivity contribution in [2.75, 3.05) is 11.1 Å². The quantitative estimate of drug-likeness (QED) is 0.742. The lowest BCUT2D eigenvalue weighted by Crippen LogP contribution is -2.20. The number of nitrogens with two attached hydrogens (primary N) is 1. The molecule has 2 aromatic heterocycles. The maximum atomic E-state index is 5.84. The fourth-order valence-electron chi connectivity index (χ4n) is 2.01. The van der Waals surface area contributed by atoms with Gasteiger partial charge in [0.05, 0.1) is 0 Å². The molecule has 102 valence electrons. The van der Waals surface area contributed by atoms with Gasteiger partial charge in [0.25, 0.3) is 0 Å². The molecule has 3 aromatic rings. The lowest BCUT2D eigenvalue weighted by atomic mass is 10.1. The maximum Gasteiger partial charge on any atom is 0.245 e. The van der Waals surface area contributed by atoms with Gasteiger partial charge < -0.3 is 11.1 Å². The first-order chi connectivity index (χ1) is 9.72. The Bertz CT molecular complexity index is 711. The predicted octanol–water partition coefficient (Wildman–Crippen LogP) is 1.64. The Morgan fingerprint density at radius 3 is 2.60 bits per heavy atom. The number of rotatable bonds is 4. The number of nitrogens with zero attached hydrogens (tertiary/aromatic N) is 4.